The summed E-state index contributed by atoms with van der Waals surface area (Å²) >= 11 is 0. The zero-order valence-corrected chi connectivity index (χ0v) is 19.6. The van der Waals surface area contributed by atoms with Crippen molar-refractivity contribution in [1.82, 2.24) is 5.16 Å². The van der Waals surface area contributed by atoms with E-state index in [1.165, 1.54) is 31.2 Å². The van der Waals surface area contributed by atoms with Gasteiger partial charge in [0, 0.05) is 18.2 Å². The number of nitrogens with zero attached hydrogens (tertiary/aromatic N) is 2. The molecular formula is C26H19N5O6. The molecule has 1 heterocycles. The molecule has 4 rings (SSSR count). The minimum Gasteiger partial charge on any atom is -0.478 e. The van der Waals surface area contributed by atoms with Crippen LogP contribution in [0.3, 0.4) is 0 Å². The van der Waals surface area contributed by atoms with Crippen LogP contribution in [0.25, 0.3) is 22.1 Å². The molecule has 0 aliphatic rings. The molecule has 0 atom stereocenters. The van der Waals surface area contributed by atoms with Gasteiger partial charge in [0.25, 0.3) is 5.91 Å². The zero-order valence-electron chi connectivity index (χ0n) is 19.6. The highest BCUT2D eigenvalue weighted by Crippen LogP contribution is 2.33. The van der Waals surface area contributed by atoms with E-state index in [0.717, 1.165) is 11.6 Å². The maximum Gasteiger partial charge on any atom is 0.337 e. The highest BCUT2D eigenvalue weighted by molar-refractivity contribution is 6.14. The SMILES string of the molecule is CC(=O)Nc1ccc(-c2cc3onc(C(=O)Nc4ccc(C#N)cc4C(=O)O)c3cc2C(N)=O)c(C)c1. The first-order valence-corrected chi connectivity index (χ1v) is 10.8. The summed E-state index contributed by atoms with van der Waals surface area (Å²) in [6.45, 7) is 3.19. The molecule has 1 aromatic heterocycles. The van der Waals surface area contributed by atoms with E-state index in [0.29, 0.717) is 16.8 Å². The normalized spacial score (nSPS) is 10.5. The number of carboxylic acids is 1. The number of carbonyl (C=O) groups is 4. The summed E-state index contributed by atoms with van der Waals surface area (Å²) in [7, 11) is 0. The van der Waals surface area contributed by atoms with Gasteiger partial charge in [-0.2, -0.15) is 5.26 Å². The van der Waals surface area contributed by atoms with Crippen molar-refractivity contribution in [3.05, 3.63) is 76.5 Å². The van der Waals surface area contributed by atoms with E-state index in [2.05, 4.69) is 15.8 Å². The Morgan fingerprint density at radius 3 is 2.38 bits per heavy atom. The van der Waals surface area contributed by atoms with E-state index >= 15 is 0 Å². The number of rotatable bonds is 6. The van der Waals surface area contributed by atoms with Crippen molar-refractivity contribution < 1.29 is 28.8 Å². The van der Waals surface area contributed by atoms with Crippen LogP contribution >= 0.6 is 0 Å². The van der Waals surface area contributed by atoms with Gasteiger partial charge in [0.2, 0.25) is 11.8 Å². The Morgan fingerprint density at radius 2 is 1.76 bits per heavy atom. The van der Waals surface area contributed by atoms with Crippen LogP contribution in [-0.4, -0.2) is 34.0 Å². The highest BCUT2D eigenvalue weighted by atomic mass is 16.5. The molecule has 3 amide bonds. The molecule has 4 aromatic rings. The number of nitriles is 1. The summed E-state index contributed by atoms with van der Waals surface area (Å²) in [4.78, 5) is 48.3. The van der Waals surface area contributed by atoms with E-state index in [-0.39, 0.29) is 44.9 Å². The number of carboxylic acid groups (broad SMARTS) is 1. The number of amides is 3. The third-order valence-electron chi connectivity index (χ3n) is 5.55. The van der Waals surface area contributed by atoms with Gasteiger partial charge in [0.15, 0.2) is 11.3 Å². The van der Waals surface area contributed by atoms with E-state index in [1.54, 1.807) is 25.1 Å². The first kappa shape index (κ1) is 24.6. The summed E-state index contributed by atoms with van der Waals surface area (Å²) in [5, 5.41) is 27.6. The minimum absolute atomic E-state index is 0.0470. The van der Waals surface area contributed by atoms with Crippen molar-refractivity contribution in [1.29, 1.82) is 5.26 Å². The number of carbonyl (C=O) groups excluding carboxylic acids is 3. The predicted octanol–water partition coefficient (Wildman–Crippen LogP) is 3.68. The average molecular weight is 497 g/mol. The summed E-state index contributed by atoms with van der Waals surface area (Å²) in [5.41, 5.74) is 7.95. The molecule has 11 nitrogen and oxygen atoms in total. The number of hydrogen-bond donors (Lipinski definition) is 4. The number of nitrogens with two attached hydrogens (primary N) is 1. The Kier molecular flexibility index (Phi) is 6.41. The van der Waals surface area contributed by atoms with Gasteiger partial charge in [-0.25, -0.2) is 4.79 Å². The molecule has 0 saturated heterocycles. The lowest BCUT2D eigenvalue weighted by atomic mass is 9.93. The molecule has 184 valence electrons. The largest absolute Gasteiger partial charge is 0.478 e. The number of aromatic nitrogens is 1. The summed E-state index contributed by atoms with van der Waals surface area (Å²) in [5.74, 6) is -3.10. The van der Waals surface area contributed by atoms with Crippen LogP contribution in [0.1, 0.15) is 49.3 Å². The van der Waals surface area contributed by atoms with Gasteiger partial charge in [-0.05, 0) is 66.1 Å². The van der Waals surface area contributed by atoms with Gasteiger partial charge >= 0.3 is 5.97 Å². The Morgan fingerprint density at radius 1 is 1.00 bits per heavy atom. The summed E-state index contributed by atoms with van der Waals surface area (Å²) < 4.78 is 5.36. The smallest absolute Gasteiger partial charge is 0.337 e. The van der Waals surface area contributed by atoms with Crippen molar-refractivity contribution >= 4 is 46.0 Å². The molecule has 0 saturated carbocycles. The number of benzene rings is 3. The van der Waals surface area contributed by atoms with E-state index < -0.39 is 17.8 Å². The predicted molar refractivity (Wildman–Crippen MR) is 133 cm³/mol. The molecule has 0 spiro atoms. The van der Waals surface area contributed by atoms with Crippen LogP contribution in [0, 0.1) is 18.3 Å². The second kappa shape index (κ2) is 9.63. The number of primary amides is 1. The quantitative estimate of drug-likeness (QED) is 0.310. The summed E-state index contributed by atoms with van der Waals surface area (Å²) in [6, 6.07) is 13.7. The molecule has 0 bridgehead atoms. The molecule has 3 aromatic carbocycles. The van der Waals surface area contributed by atoms with Crippen LogP contribution in [0.15, 0.2) is 53.1 Å². The number of aryl methyl sites for hydroxylation is 1. The Labute approximate surface area is 209 Å². The Bertz CT molecular complexity index is 1660. The number of aromatic carboxylic acids is 1. The first-order chi connectivity index (χ1) is 17.6. The van der Waals surface area contributed by atoms with Crippen molar-refractivity contribution in [2.24, 2.45) is 5.73 Å². The number of anilines is 2. The van der Waals surface area contributed by atoms with Gasteiger partial charge in [0.05, 0.1) is 28.3 Å². The van der Waals surface area contributed by atoms with Crippen LogP contribution in [0.2, 0.25) is 0 Å². The monoisotopic (exact) mass is 497 g/mol. The van der Waals surface area contributed by atoms with Crippen LogP contribution < -0.4 is 16.4 Å². The van der Waals surface area contributed by atoms with Gasteiger partial charge < -0.3 is 26.0 Å². The molecular weight excluding hydrogens is 478 g/mol. The highest BCUT2D eigenvalue weighted by Gasteiger charge is 2.23. The van der Waals surface area contributed by atoms with E-state index in [4.69, 9.17) is 15.5 Å². The topological polar surface area (TPSA) is 188 Å². The second-order valence-corrected chi connectivity index (χ2v) is 8.13. The first-order valence-electron chi connectivity index (χ1n) is 10.8. The van der Waals surface area contributed by atoms with E-state index in [1.807, 2.05) is 6.07 Å². The molecule has 0 fully saturated rings. The maximum absolute atomic E-state index is 13.0. The van der Waals surface area contributed by atoms with E-state index in [9.17, 15) is 24.3 Å². The fourth-order valence-corrected chi connectivity index (χ4v) is 3.90. The zero-order chi connectivity index (χ0) is 26.9. The number of fused-ring (bicyclic) bond motifs is 1. The standard InChI is InChI=1S/C26H19N5O6/c1-12-7-15(29-13(2)32)4-5-16(12)17-10-22-20(9-18(17)24(28)33)23(31-37-22)25(34)30-21-6-3-14(11-27)8-19(21)26(35)36/h3-10H,1-2H3,(H2,28,33)(H,29,32)(H,30,34)(H,35,36). The van der Waals surface area contributed by atoms with Crippen LogP contribution in [0.4, 0.5) is 11.4 Å². The fourth-order valence-electron chi connectivity index (χ4n) is 3.90. The van der Waals surface area contributed by atoms with Crippen LogP contribution in [-0.2, 0) is 4.79 Å². The van der Waals surface area contributed by atoms with Gasteiger partial charge in [-0.1, -0.05) is 11.2 Å². The van der Waals surface area contributed by atoms with Crippen molar-refractivity contribution in [3.63, 3.8) is 0 Å². The van der Waals surface area contributed by atoms with Gasteiger partial charge in [-0.3, -0.25) is 14.4 Å². The minimum atomic E-state index is -1.34. The van der Waals surface area contributed by atoms with Crippen LogP contribution in [0.5, 0.6) is 0 Å². The summed E-state index contributed by atoms with van der Waals surface area (Å²) in [6.07, 6.45) is 0. The lowest BCUT2D eigenvalue weighted by Gasteiger charge is -2.12. The molecule has 0 aliphatic heterocycles. The third kappa shape index (κ3) is 4.85. The van der Waals surface area contributed by atoms with Crippen molar-refractivity contribution in [2.75, 3.05) is 10.6 Å². The lowest BCUT2D eigenvalue weighted by molar-refractivity contribution is -0.114. The van der Waals surface area contributed by atoms with Crippen molar-refractivity contribution in [3.8, 4) is 17.2 Å². The maximum atomic E-state index is 13.0. The second-order valence-electron chi connectivity index (χ2n) is 8.13. The number of nitrogens with one attached hydrogen (secondary N) is 2. The van der Waals surface area contributed by atoms with Gasteiger partial charge in [-0.15, -0.1) is 0 Å². The molecule has 0 unspecified atom stereocenters. The third-order valence-corrected chi connectivity index (χ3v) is 5.55. The Hall–Kier alpha value is -5.50. The molecule has 0 radical (unpaired) electrons. The fraction of sp³-hybridized carbons (Fsp3) is 0.0769. The Balaban J connectivity index is 1.76. The molecule has 5 N–H and O–H groups in total. The van der Waals surface area contributed by atoms with Gasteiger partial charge in [0.1, 0.15) is 0 Å². The lowest BCUT2D eigenvalue weighted by Crippen LogP contribution is -2.16. The number of hydrogen-bond acceptors (Lipinski definition) is 7. The molecule has 0 aliphatic carbocycles. The average Bonchev–Trinajstić information content (AvgIpc) is 3.26. The van der Waals surface area contributed by atoms with Crippen molar-refractivity contribution in [2.45, 2.75) is 13.8 Å². The molecule has 37 heavy (non-hydrogen) atoms. The molecule has 11 heteroatoms.